The maximum absolute atomic E-state index is 12.1. The van der Waals surface area contributed by atoms with Crippen LogP contribution in [0.3, 0.4) is 0 Å². The van der Waals surface area contributed by atoms with Crippen molar-refractivity contribution in [1.82, 2.24) is 10.2 Å². The highest BCUT2D eigenvalue weighted by molar-refractivity contribution is 5.99. The standard InChI is InChI=1S/C15H26N2O3/c1-4-11(3)8-9-13(18)16-15(20)12(5-2)17-10-6-7-14(17)19/h11-12H,4-10H2,1-3H3,(H,16,18,20)/t11-,12-/m0/s1. The van der Waals surface area contributed by atoms with Gasteiger partial charge in [-0.15, -0.1) is 0 Å². The molecule has 1 saturated heterocycles. The normalized spacial score (nSPS) is 17.9. The van der Waals surface area contributed by atoms with E-state index in [-0.39, 0.29) is 17.7 Å². The Bertz CT molecular complexity index is 368. The lowest BCUT2D eigenvalue weighted by molar-refractivity contribution is -0.140. The van der Waals surface area contributed by atoms with E-state index in [0.717, 1.165) is 19.3 Å². The third-order valence-electron chi connectivity index (χ3n) is 4.00. The first-order valence-corrected chi connectivity index (χ1v) is 7.62. The third kappa shape index (κ3) is 4.62. The second-order valence-corrected chi connectivity index (χ2v) is 5.58. The molecule has 114 valence electrons. The maximum Gasteiger partial charge on any atom is 0.249 e. The van der Waals surface area contributed by atoms with Crippen molar-refractivity contribution in [2.24, 2.45) is 5.92 Å². The molecule has 0 saturated carbocycles. The zero-order valence-electron chi connectivity index (χ0n) is 12.8. The summed E-state index contributed by atoms with van der Waals surface area (Å²) in [4.78, 5) is 37.1. The van der Waals surface area contributed by atoms with Crippen molar-refractivity contribution < 1.29 is 14.4 Å². The Morgan fingerprint density at radius 1 is 1.30 bits per heavy atom. The third-order valence-corrected chi connectivity index (χ3v) is 4.00. The number of nitrogens with zero attached hydrogens (tertiary/aromatic N) is 1. The van der Waals surface area contributed by atoms with Gasteiger partial charge in [0.15, 0.2) is 0 Å². The number of rotatable bonds is 7. The largest absolute Gasteiger partial charge is 0.331 e. The number of hydrogen-bond acceptors (Lipinski definition) is 3. The molecule has 0 radical (unpaired) electrons. The summed E-state index contributed by atoms with van der Waals surface area (Å²) in [5, 5.41) is 2.44. The van der Waals surface area contributed by atoms with Crippen molar-refractivity contribution in [1.29, 1.82) is 0 Å². The smallest absolute Gasteiger partial charge is 0.249 e. The van der Waals surface area contributed by atoms with Gasteiger partial charge in [-0.25, -0.2) is 0 Å². The molecule has 1 rings (SSSR count). The molecule has 1 N–H and O–H groups in total. The highest BCUT2D eigenvalue weighted by atomic mass is 16.2. The molecule has 20 heavy (non-hydrogen) atoms. The molecular weight excluding hydrogens is 256 g/mol. The molecule has 0 bridgehead atoms. The van der Waals surface area contributed by atoms with Crippen molar-refractivity contribution in [3.63, 3.8) is 0 Å². The molecule has 3 amide bonds. The number of carbonyl (C=O) groups is 3. The summed E-state index contributed by atoms with van der Waals surface area (Å²) in [6.07, 6.45) is 4.02. The molecule has 5 nitrogen and oxygen atoms in total. The molecule has 0 aromatic rings. The van der Waals surface area contributed by atoms with Crippen LogP contribution in [-0.2, 0) is 14.4 Å². The molecule has 5 heteroatoms. The fourth-order valence-electron chi connectivity index (χ4n) is 2.41. The molecule has 2 atom stereocenters. The van der Waals surface area contributed by atoms with Crippen molar-refractivity contribution in [2.45, 2.75) is 65.3 Å². The fourth-order valence-corrected chi connectivity index (χ4v) is 2.41. The minimum atomic E-state index is -0.502. The molecular formula is C15H26N2O3. The van der Waals surface area contributed by atoms with Crippen LogP contribution >= 0.6 is 0 Å². The highest BCUT2D eigenvalue weighted by Crippen LogP contribution is 2.16. The van der Waals surface area contributed by atoms with Gasteiger partial charge in [-0.05, 0) is 25.2 Å². The Labute approximate surface area is 121 Å². The van der Waals surface area contributed by atoms with Gasteiger partial charge in [-0.2, -0.15) is 0 Å². The Morgan fingerprint density at radius 3 is 2.50 bits per heavy atom. The second kappa shape index (κ2) is 8.02. The van der Waals surface area contributed by atoms with Gasteiger partial charge in [0.25, 0.3) is 0 Å². The van der Waals surface area contributed by atoms with Crippen molar-refractivity contribution in [3.8, 4) is 0 Å². The average Bonchev–Trinajstić information content (AvgIpc) is 2.83. The van der Waals surface area contributed by atoms with Gasteiger partial charge >= 0.3 is 0 Å². The van der Waals surface area contributed by atoms with Gasteiger partial charge in [0.05, 0.1) is 0 Å². The van der Waals surface area contributed by atoms with E-state index in [4.69, 9.17) is 0 Å². The van der Waals surface area contributed by atoms with Gasteiger partial charge in [-0.1, -0.05) is 27.2 Å². The molecule has 0 aliphatic carbocycles. The van der Waals surface area contributed by atoms with Gasteiger partial charge in [0.2, 0.25) is 17.7 Å². The first-order valence-electron chi connectivity index (χ1n) is 7.62. The van der Waals surface area contributed by atoms with Crippen LogP contribution < -0.4 is 5.32 Å². The SMILES string of the molecule is CC[C@H](C)CCC(=O)NC(=O)[C@H](CC)N1CCCC1=O. The molecule has 0 aromatic carbocycles. The zero-order valence-corrected chi connectivity index (χ0v) is 12.8. The Kier molecular flexibility index (Phi) is 6.68. The summed E-state index contributed by atoms with van der Waals surface area (Å²) in [5.41, 5.74) is 0. The van der Waals surface area contributed by atoms with E-state index in [0.29, 0.717) is 31.7 Å². The van der Waals surface area contributed by atoms with Crippen molar-refractivity contribution in [3.05, 3.63) is 0 Å². The minimum Gasteiger partial charge on any atom is -0.331 e. The van der Waals surface area contributed by atoms with Crippen LogP contribution in [0, 0.1) is 5.92 Å². The van der Waals surface area contributed by atoms with Crippen LogP contribution in [0.25, 0.3) is 0 Å². The van der Waals surface area contributed by atoms with Crippen LogP contribution in [0.15, 0.2) is 0 Å². The Balaban J connectivity index is 2.46. The Morgan fingerprint density at radius 2 is 2.00 bits per heavy atom. The van der Waals surface area contributed by atoms with Gasteiger partial charge in [-0.3, -0.25) is 19.7 Å². The number of hydrogen-bond donors (Lipinski definition) is 1. The van der Waals surface area contributed by atoms with Crippen LogP contribution in [-0.4, -0.2) is 35.2 Å². The molecule has 0 unspecified atom stereocenters. The second-order valence-electron chi connectivity index (χ2n) is 5.58. The minimum absolute atomic E-state index is 0.0130. The first-order chi connectivity index (χ1) is 9.49. The summed E-state index contributed by atoms with van der Waals surface area (Å²) in [6, 6.07) is -0.502. The summed E-state index contributed by atoms with van der Waals surface area (Å²) in [7, 11) is 0. The lowest BCUT2D eigenvalue weighted by Crippen LogP contribution is -2.48. The average molecular weight is 282 g/mol. The first kappa shape index (κ1) is 16.7. The van der Waals surface area contributed by atoms with E-state index in [1.165, 1.54) is 0 Å². The van der Waals surface area contributed by atoms with E-state index in [2.05, 4.69) is 19.2 Å². The van der Waals surface area contributed by atoms with Crippen molar-refractivity contribution >= 4 is 17.7 Å². The number of imide groups is 1. The predicted molar refractivity (Wildman–Crippen MR) is 76.9 cm³/mol. The topological polar surface area (TPSA) is 66.5 Å². The van der Waals surface area contributed by atoms with E-state index < -0.39 is 6.04 Å². The summed E-state index contributed by atoms with van der Waals surface area (Å²) in [5.74, 6) is -0.0747. The summed E-state index contributed by atoms with van der Waals surface area (Å²) in [6.45, 7) is 6.65. The fraction of sp³-hybridized carbons (Fsp3) is 0.800. The summed E-state index contributed by atoms with van der Waals surface area (Å²) >= 11 is 0. The van der Waals surface area contributed by atoms with Gasteiger partial charge < -0.3 is 4.90 Å². The van der Waals surface area contributed by atoms with Gasteiger partial charge in [0, 0.05) is 19.4 Å². The van der Waals surface area contributed by atoms with Gasteiger partial charge in [0.1, 0.15) is 6.04 Å². The number of amides is 3. The predicted octanol–water partition coefficient (Wildman–Crippen LogP) is 1.86. The van der Waals surface area contributed by atoms with E-state index in [1.54, 1.807) is 4.90 Å². The van der Waals surface area contributed by atoms with Crippen LogP contribution in [0.1, 0.15) is 59.3 Å². The molecule has 0 spiro atoms. The quantitative estimate of drug-likeness (QED) is 0.775. The number of likely N-dealkylation sites (tertiary alicyclic amines) is 1. The molecule has 1 aliphatic heterocycles. The molecule has 0 aromatic heterocycles. The van der Waals surface area contributed by atoms with Crippen LogP contribution in [0.4, 0.5) is 0 Å². The number of carbonyl (C=O) groups excluding carboxylic acids is 3. The Hall–Kier alpha value is -1.39. The molecule has 1 aliphatic rings. The van der Waals surface area contributed by atoms with E-state index in [1.807, 2.05) is 6.92 Å². The maximum atomic E-state index is 12.1. The van der Waals surface area contributed by atoms with E-state index >= 15 is 0 Å². The molecule has 1 fully saturated rings. The number of nitrogens with one attached hydrogen (secondary N) is 1. The van der Waals surface area contributed by atoms with Crippen molar-refractivity contribution in [2.75, 3.05) is 6.54 Å². The molecule has 1 heterocycles. The van der Waals surface area contributed by atoms with E-state index in [9.17, 15) is 14.4 Å². The lowest BCUT2D eigenvalue weighted by atomic mass is 10.0. The highest BCUT2D eigenvalue weighted by Gasteiger charge is 2.32. The van der Waals surface area contributed by atoms with Crippen LogP contribution in [0.2, 0.25) is 0 Å². The van der Waals surface area contributed by atoms with Crippen LogP contribution in [0.5, 0.6) is 0 Å². The zero-order chi connectivity index (χ0) is 15.1. The summed E-state index contributed by atoms with van der Waals surface area (Å²) < 4.78 is 0. The lowest BCUT2D eigenvalue weighted by Gasteiger charge is -2.25. The monoisotopic (exact) mass is 282 g/mol.